The summed E-state index contributed by atoms with van der Waals surface area (Å²) >= 11 is 6.02. The molecular weight excluding hydrogens is 210 g/mol. The first-order chi connectivity index (χ1) is 7.00. The Morgan fingerprint density at radius 1 is 1.33 bits per heavy atom. The highest BCUT2D eigenvalue weighted by molar-refractivity contribution is 6.31. The van der Waals surface area contributed by atoms with E-state index in [0.717, 1.165) is 11.3 Å². The minimum Gasteiger partial charge on any atom is -0.493 e. The van der Waals surface area contributed by atoms with Gasteiger partial charge >= 0.3 is 0 Å². The Balaban J connectivity index is 2.78. The fourth-order valence-corrected chi connectivity index (χ4v) is 1.51. The number of hydrogen-bond donors (Lipinski definition) is 1. The van der Waals surface area contributed by atoms with Gasteiger partial charge in [0.25, 0.3) is 0 Å². The molecule has 84 valence electrons. The summed E-state index contributed by atoms with van der Waals surface area (Å²) in [5, 5.41) is 0.696. The molecule has 0 fully saturated rings. The van der Waals surface area contributed by atoms with Gasteiger partial charge in [-0.25, -0.2) is 0 Å². The number of benzene rings is 1. The van der Waals surface area contributed by atoms with Crippen molar-refractivity contribution in [3.05, 3.63) is 28.8 Å². The first-order valence-corrected chi connectivity index (χ1v) is 5.56. The van der Waals surface area contributed by atoms with Crippen molar-refractivity contribution >= 4 is 11.6 Å². The predicted octanol–water partition coefficient (Wildman–Crippen LogP) is 3.39. The minimum absolute atomic E-state index is 0.0694. The van der Waals surface area contributed by atoms with Gasteiger partial charge in [-0.2, -0.15) is 0 Å². The van der Waals surface area contributed by atoms with Gasteiger partial charge in [-0.05, 0) is 36.6 Å². The van der Waals surface area contributed by atoms with E-state index >= 15 is 0 Å². The third kappa shape index (κ3) is 3.73. The minimum atomic E-state index is -0.0694. The van der Waals surface area contributed by atoms with Gasteiger partial charge in [0.15, 0.2) is 0 Å². The molecule has 3 heteroatoms. The third-order valence-electron chi connectivity index (χ3n) is 2.04. The highest BCUT2D eigenvalue weighted by Gasteiger charge is 2.07. The first-order valence-electron chi connectivity index (χ1n) is 5.18. The fourth-order valence-electron chi connectivity index (χ4n) is 1.22. The Morgan fingerprint density at radius 3 is 2.53 bits per heavy atom. The Kier molecular flexibility index (Phi) is 4.43. The van der Waals surface area contributed by atoms with Gasteiger partial charge in [0.05, 0.1) is 6.61 Å². The maximum atomic E-state index is 6.02. The molecule has 0 spiro atoms. The van der Waals surface area contributed by atoms with Gasteiger partial charge in [0, 0.05) is 11.1 Å². The van der Waals surface area contributed by atoms with E-state index in [1.807, 2.05) is 25.1 Å². The van der Waals surface area contributed by atoms with Crippen LogP contribution in [0, 0.1) is 5.92 Å². The first kappa shape index (κ1) is 12.3. The Labute approximate surface area is 96.4 Å². The molecule has 0 aliphatic rings. The fraction of sp³-hybridized carbons (Fsp3) is 0.500. The van der Waals surface area contributed by atoms with Crippen molar-refractivity contribution in [2.75, 3.05) is 6.61 Å². The topological polar surface area (TPSA) is 35.2 Å². The highest BCUT2D eigenvalue weighted by Crippen LogP contribution is 2.26. The van der Waals surface area contributed by atoms with E-state index in [9.17, 15) is 0 Å². The number of nitrogens with two attached hydrogens (primary N) is 1. The summed E-state index contributed by atoms with van der Waals surface area (Å²) in [6.07, 6.45) is 0. The van der Waals surface area contributed by atoms with Crippen LogP contribution in [0.4, 0.5) is 0 Å². The summed E-state index contributed by atoms with van der Waals surface area (Å²) in [6, 6.07) is 5.54. The van der Waals surface area contributed by atoms with Gasteiger partial charge < -0.3 is 10.5 Å². The van der Waals surface area contributed by atoms with Crippen LogP contribution in [0.2, 0.25) is 5.02 Å². The zero-order valence-electron chi connectivity index (χ0n) is 9.46. The molecule has 1 rings (SSSR count). The molecule has 0 amide bonds. The smallest absolute Gasteiger partial charge is 0.119 e. The molecule has 0 aliphatic carbocycles. The average Bonchev–Trinajstić information content (AvgIpc) is 2.16. The molecule has 0 aromatic heterocycles. The van der Waals surface area contributed by atoms with Crippen molar-refractivity contribution in [1.29, 1.82) is 0 Å². The third-order valence-corrected chi connectivity index (χ3v) is 2.39. The van der Waals surface area contributed by atoms with Gasteiger partial charge in [-0.3, -0.25) is 0 Å². The van der Waals surface area contributed by atoms with Crippen LogP contribution in [0.3, 0.4) is 0 Å². The second-order valence-corrected chi connectivity index (χ2v) is 4.58. The van der Waals surface area contributed by atoms with Crippen LogP contribution in [-0.2, 0) is 0 Å². The molecular formula is C12H18ClNO. The Morgan fingerprint density at radius 2 is 2.00 bits per heavy atom. The lowest BCUT2D eigenvalue weighted by Gasteiger charge is -2.13. The van der Waals surface area contributed by atoms with Crippen LogP contribution in [0.15, 0.2) is 18.2 Å². The van der Waals surface area contributed by atoms with E-state index in [1.165, 1.54) is 0 Å². The number of halogens is 1. The van der Waals surface area contributed by atoms with Gasteiger partial charge in [0.2, 0.25) is 0 Å². The normalized spacial score (nSPS) is 12.9. The van der Waals surface area contributed by atoms with Crippen molar-refractivity contribution in [2.24, 2.45) is 11.7 Å². The van der Waals surface area contributed by atoms with Crippen LogP contribution >= 0.6 is 11.6 Å². The summed E-state index contributed by atoms with van der Waals surface area (Å²) in [5.74, 6) is 1.35. The average molecular weight is 228 g/mol. The lowest BCUT2D eigenvalue weighted by molar-refractivity contribution is 0.270. The largest absolute Gasteiger partial charge is 0.493 e. The molecule has 1 aromatic rings. The zero-order valence-corrected chi connectivity index (χ0v) is 10.2. The summed E-state index contributed by atoms with van der Waals surface area (Å²) in [4.78, 5) is 0. The van der Waals surface area contributed by atoms with E-state index in [4.69, 9.17) is 22.1 Å². The summed E-state index contributed by atoms with van der Waals surface area (Å²) in [7, 11) is 0. The molecule has 15 heavy (non-hydrogen) atoms. The van der Waals surface area contributed by atoms with E-state index in [2.05, 4.69) is 13.8 Å². The Hall–Kier alpha value is -0.730. The lowest BCUT2D eigenvalue weighted by Crippen LogP contribution is -2.08. The van der Waals surface area contributed by atoms with Crippen LogP contribution in [-0.4, -0.2) is 6.61 Å². The molecule has 2 N–H and O–H groups in total. The second-order valence-electron chi connectivity index (χ2n) is 4.18. The monoisotopic (exact) mass is 227 g/mol. The molecule has 1 unspecified atom stereocenters. The maximum Gasteiger partial charge on any atom is 0.119 e. The summed E-state index contributed by atoms with van der Waals surface area (Å²) in [6.45, 7) is 6.85. The number of ether oxygens (including phenoxy) is 1. The van der Waals surface area contributed by atoms with Crippen LogP contribution in [0.5, 0.6) is 5.75 Å². The van der Waals surface area contributed by atoms with Gasteiger partial charge in [-0.15, -0.1) is 0 Å². The van der Waals surface area contributed by atoms with Gasteiger partial charge in [0.1, 0.15) is 5.75 Å². The van der Waals surface area contributed by atoms with Crippen LogP contribution in [0.1, 0.15) is 32.4 Å². The number of rotatable bonds is 4. The standard InChI is InChI=1S/C12H18ClNO/c1-8(2)7-15-10-4-5-12(13)11(6-10)9(3)14/h4-6,8-9H,7,14H2,1-3H3. The second kappa shape index (κ2) is 5.38. The van der Waals surface area contributed by atoms with E-state index in [1.54, 1.807) is 0 Å². The van der Waals surface area contributed by atoms with Crippen molar-refractivity contribution < 1.29 is 4.74 Å². The molecule has 0 bridgehead atoms. The van der Waals surface area contributed by atoms with Crippen molar-refractivity contribution in [1.82, 2.24) is 0 Å². The lowest BCUT2D eigenvalue weighted by atomic mass is 10.1. The van der Waals surface area contributed by atoms with E-state index < -0.39 is 0 Å². The molecule has 0 saturated heterocycles. The molecule has 2 nitrogen and oxygen atoms in total. The zero-order chi connectivity index (χ0) is 11.4. The van der Waals surface area contributed by atoms with Crippen molar-refractivity contribution in [2.45, 2.75) is 26.8 Å². The summed E-state index contributed by atoms with van der Waals surface area (Å²) in [5.41, 5.74) is 6.73. The van der Waals surface area contributed by atoms with Crippen LogP contribution in [0.25, 0.3) is 0 Å². The molecule has 1 atom stereocenters. The number of hydrogen-bond acceptors (Lipinski definition) is 2. The van der Waals surface area contributed by atoms with Crippen molar-refractivity contribution in [3.63, 3.8) is 0 Å². The van der Waals surface area contributed by atoms with Gasteiger partial charge in [-0.1, -0.05) is 25.4 Å². The molecule has 0 aliphatic heterocycles. The van der Waals surface area contributed by atoms with Crippen LogP contribution < -0.4 is 10.5 Å². The SMILES string of the molecule is CC(C)COc1ccc(Cl)c(C(C)N)c1. The molecule has 0 radical (unpaired) electrons. The Bertz CT molecular complexity index is 323. The molecule has 0 saturated carbocycles. The molecule has 0 heterocycles. The van der Waals surface area contributed by atoms with Crippen molar-refractivity contribution in [3.8, 4) is 5.75 Å². The molecule has 1 aromatic carbocycles. The maximum absolute atomic E-state index is 6.02. The van der Waals surface area contributed by atoms with E-state index in [0.29, 0.717) is 17.5 Å². The van der Waals surface area contributed by atoms with E-state index in [-0.39, 0.29) is 6.04 Å². The quantitative estimate of drug-likeness (QED) is 0.856. The predicted molar refractivity (Wildman–Crippen MR) is 64.4 cm³/mol. The highest BCUT2D eigenvalue weighted by atomic mass is 35.5. The summed E-state index contributed by atoms with van der Waals surface area (Å²) < 4.78 is 5.60.